The molecule has 0 aromatic carbocycles. The molecule has 3 saturated heterocycles. The van der Waals surface area contributed by atoms with Crippen molar-refractivity contribution in [3.8, 4) is 0 Å². The van der Waals surface area contributed by atoms with Crippen molar-refractivity contribution in [3.63, 3.8) is 0 Å². The quantitative estimate of drug-likeness (QED) is 0.715. The first-order valence-corrected chi connectivity index (χ1v) is 6.43. The number of ether oxygens (including phenoxy) is 1. The van der Waals surface area contributed by atoms with Crippen molar-refractivity contribution in [2.75, 3.05) is 6.54 Å². The maximum absolute atomic E-state index is 12.1. The van der Waals surface area contributed by atoms with Crippen molar-refractivity contribution >= 4 is 5.91 Å². The zero-order valence-electron chi connectivity index (χ0n) is 9.74. The highest BCUT2D eigenvalue weighted by molar-refractivity contribution is 5.80. The Bertz CT molecular complexity index is 295. The molecule has 0 radical (unpaired) electrons. The van der Waals surface area contributed by atoms with E-state index in [2.05, 4.69) is 17.6 Å². The predicted molar refractivity (Wildman–Crippen MR) is 60.0 cm³/mol. The number of carbonyl (C=O) groups is 1. The summed E-state index contributed by atoms with van der Waals surface area (Å²) in [5.41, 5.74) is 0. The van der Waals surface area contributed by atoms with Gasteiger partial charge in [0.25, 0.3) is 0 Å². The van der Waals surface area contributed by atoms with Gasteiger partial charge in [0.05, 0.1) is 24.2 Å². The van der Waals surface area contributed by atoms with Gasteiger partial charge in [-0.05, 0) is 39.2 Å². The first-order chi connectivity index (χ1) is 7.74. The maximum Gasteiger partial charge on any atom is 0.225 e. The third-order valence-electron chi connectivity index (χ3n) is 4.30. The molecule has 3 aliphatic heterocycles. The highest BCUT2D eigenvalue weighted by Gasteiger charge is 2.42. The van der Waals surface area contributed by atoms with Crippen LogP contribution in [0, 0.1) is 5.92 Å². The van der Waals surface area contributed by atoms with Crippen molar-refractivity contribution in [1.82, 2.24) is 10.6 Å². The minimum Gasteiger partial charge on any atom is -0.373 e. The van der Waals surface area contributed by atoms with Crippen LogP contribution in [0.3, 0.4) is 0 Å². The van der Waals surface area contributed by atoms with Gasteiger partial charge in [0, 0.05) is 6.04 Å². The van der Waals surface area contributed by atoms with Crippen LogP contribution in [0.1, 0.15) is 32.6 Å². The van der Waals surface area contributed by atoms with Gasteiger partial charge in [-0.1, -0.05) is 0 Å². The minimum absolute atomic E-state index is 0.152. The van der Waals surface area contributed by atoms with Crippen LogP contribution in [-0.4, -0.2) is 36.7 Å². The van der Waals surface area contributed by atoms with Crippen molar-refractivity contribution in [2.45, 2.75) is 56.9 Å². The second-order valence-corrected chi connectivity index (χ2v) is 5.36. The number of hydrogen-bond donors (Lipinski definition) is 2. The summed E-state index contributed by atoms with van der Waals surface area (Å²) in [7, 11) is 0. The van der Waals surface area contributed by atoms with Gasteiger partial charge in [0.1, 0.15) is 0 Å². The van der Waals surface area contributed by atoms with Gasteiger partial charge in [0.2, 0.25) is 5.91 Å². The van der Waals surface area contributed by atoms with Gasteiger partial charge in [-0.15, -0.1) is 0 Å². The number of rotatable bonds is 2. The van der Waals surface area contributed by atoms with Crippen molar-refractivity contribution in [1.29, 1.82) is 0 Å². The lowest BCUT2D eigenvalue weighted by Gasteiger charge is -2.23. The first-order valence-electron chi connectivity index (χ1n) is 6.43. The smallest absolute Gasteiger partial charge is 0.225 e. The molecule has 5 atom stereocenters. The monoisotopic (exact) mass is 224 g/mol. The summed E-state index contributed by atoms with van der Waals surface area (Å²) in [6.07, 6.45) is 4.99. The van der Waals surface area contributed by atoms with Crippen LogP contribution < -0.4 is 10.6 Å². The molecular weight excluding hydrogens is 204 g/mol. The molecule has 0 aliphatic carbocycles. The largest absolute Gasteiger partial charge is 0.373 e. The molecule has 2 bridgehead atoms. The number of nitrogens with one attached hydrogen (secondary N) is 2. The Morgan fingerprint density at radius 1 is 1.38 bits per heavy atom. The fourth-order valence-corrected chi connectivity index (χ4v) is 3.30. The molecule has 2 N–H and O–H groups in total. The third kappa shape index (κ3) is 1.74. The fraction of sp³-hybridized carbons (Fsp3) is 0.917. The van der Waals surface area contributed by atoms with Gasteiger partial charge >= 0.3 is 0 Å². The van der Waals surface area contributed by atoms with E-state index in [-0.39, 0.29) is 17.9 Å². The van der Waals surface area contributed by atoms with E-state index in [9.17, 15) is 4.79 Å². The molecule has 90 valence electrons. The highest BCUT2D eigenvalue weighted by atomic mass is 16.5. The average molecular weight is 224 g/mol. The van der Waals surface area contributed by atoms with Gasteiger partial charge in [-0.3, -0.25) is 4.79 Å². The Hall–Kier alpha value is -0.610. The van der Waals surface area contributed by atoms with E-state index in [4.69, 9.17) is 4.74 Å². The lowest BCUT2D eigenvalue weighted by Crippen LogP contribution is -2.46. The summed E-state index contributed by atoms with van der Waals surface area (Å²) < 4.78 is 5.74. The highest BCUT2D eigenvalue weighted by Crippen LogP contribution is 2.34. The van der Waals surface area contributed by atoms with E-state index >= 15 is 0 Å². The normalized spacial score (nSPS) is 46.2. The molecule has 3 fully saturated rings. The summed E-state index contributed by atoms with van der Waals surface area (Å²) in [6.45, 7) is 3.06. The average Bonchev–Trinajstić information content (AvgIpc) is 2.92. The van der Waals surface area contributed by atoms with Gasteiger partial charge < -0.3 is 15.4 Å². The Balaban J connectivity index is 1.56. The molecule has 0 saturated carbocycles. The molecule has 16 heavy (non-hydrogen) atoms. The zero-order chi connectivity index (χ0) is 11.1. The SMILES string of the molecule is CC1NCCC1C(=O)NC1CC2CCC1O2. The van der Waals surface area contributed by atoms with Gasteiger partial charge in [-0.25, -0.2) is 0 Å². The summed E-state index contributed by atoms with van der Waals surface area (Å²) in [5, 5.41) is 6.50. The second-order valence-electron chi connectivity index (χ2n) is 5.36. The molecule has 4 nitrogen and oxygen atoms in total. The first kappa shape index (κ1) is 10.5. The molecule has 3 rings (SSSR count). The van der Waals surface area contributed by atoms with Crippen LogP contribution in [-0.2, 0) is 9.53 Å². The molecule has 0 aromatic heterocycles. The zero-order valence-corrected chi connectivity index (χ0v) is 9.74. The van der Waals surface area contributed by atoms with E-state index in [1.807, 2.05) is 0 Å². The van der Waals surface area contributed by atoms with Gasteiger partial charge in [0.15, 0.2) is 0 Å². The topological polar surface area (TPSA) is 50.4 Å². The van der Waals surface area contributed by atoms with E-state index in [1.54, 1.807) is 0 Å². The predicted octanol–water partition coefficient (Wildman–Crippen LogP) is 0.421. The van der Waals surface area contributed by atoms with Crippen molar-refractivity contribution in [3.05, 3.63) is 0 Å². The minimum atomic E-state index is 0.152. The molecule has 3 heterocycles. The summed E-state index contributed by atoms with van der Waals surface area (Å²) in [5.74, 6) is 0.373. The fourth-order valence-electron chi connectivity index (χ4n) is 3.30. The van der Waals surface area contributed by atoms with Crippen molar-refractivity contribution < 1.29 is 9.53 Å². The van der Waals surface area contributed by atoms with E-state index < -0.39 is 0 Å². The number of amides is 1. The van der Waals surface area contributed by atoms with Crippen LogP contribution in [0.2, 0.25) is 0 Å². The third-order valence-corrected chi connectivity index (χ3v) is 4.30. The molecule has 1 amide bonds. The summed E-state index contributed by atoms with van der Waals surface area (Å²) in [6, 6.07) is 0.596. The van der Waals surface area contributed by atoms with E-state index in [1.165, 1.54) is 6.42 Å². The Morgan fingerprint density at radius 2 is 2.25 bits per heavy atom. The maximum atomic E-state index is 12.1. The number of carbonyl (C=O) groups excluding carboxylic acids is 1. The molecule has 0 aromatic rings. The van der Waals surface area contributed by atoms with Crippen LogP contribution >= 0.6 is 0 Å². The molecule has 4 heteroatoms. The van der Waals surface area contributed by atoms with Crippen LogP contribution in [0.25, 0.3) is 0 Å². The molecule has 3 aliphatic rings. The molecule has 5 unspecified atom stereocenters. The van der Waals surface area contributed by atoms with Crippen LogP contribution in [0.4, 0.5) is 0 Å². The molecular formula is C12H20N2O2. The van der Waals surface area contributed by atoms with E-state index in [0.717, 1.165) is 25.8 Å². The van der Waals surface area contributed by atoms with Gasteiger partial charge in [-0.2, -0.15) is 0 Å². The standard InChI is InChI=1S/C12H20N2O2/c1-7-9(4-5-13-7)12(15)14-10-6-8-2-3-11(10)16-8/h7-11,13H,2-6H2,1H3,(H,14,15). The Kier molecular flexibility index (Phi) is 2.64. The number of fused-ring (bicyclic) bond motifs is 2. The van der Waals surface area contributed by atoms with Crippen LogP contribution in [0.15, 0.2) is 0 Å². The molecule has 0 spiro atoms. The van der Waals surface area contributed by atoms with Crippen LogP contribution in [0.5, 0.6) is 0 Å². The Labute approximate surface area is 96.1 Å². The summed E-state index contributed by atoms with van der Waals surface area (Å²) >= 11 is 0. The lowest BCUT2D eigenvalue weighted by molar-refractivity contribution is -0.126. The van der Waals surface area contributed by atoms with Crippen molar-refractivity contribution in [2.24, 2.45) is 5.92 Å². The number of hydrogen-bond acceptors (Lipinski definition) is 3. The Morgan fingerprint density at radius 3 is 2.81 bits per heavy atom. The second kappa shape index (κ2) is 4.00. The lowest BCUT2D eigenvalue weighted by atomic mass is 9.94. The van der Waals surface area contributed by atoms with E-state index in [0.29, 0.717) is 18.2 Å². The summed E-state index contributed by atoms with van der Waals surface area (Å²) in [4.78, 5) is 12.1.